The maximum atomic E-state index is 11.8. The van der Waals surface area contributed by atoms with Crippen molar-refractivity contribution in [2.75, 3.05) is 32.3 Å². The van der Waals surface area contributed by atoms with E-state index < -0.39 is 10.8 Å². The fourth-order valence-electron chi connectivity index (χ4n) is 1.11. The number of anilines is 1. The van der Waals surface area contributed by atoms with Gasteiger partial charge in [0.15, 0.2) is 0 Å². The van der Waals surface area contributed by atoms with Crippen molar-refractivity contribution in [3.63, 3.8) is 0 Å². The van der Waals surface area contributed by atoms with Gasteiger partial charge in [-0.25, -0.2) is 0 Å². The summed E-state index contributed by atoms with van der Waals surface area (Å²) in [6, 6.07) is 5.13. The minimum absolute atomic E-state index is 0.438. The second-order valence-corrected chi connectivity index (χ2v) is 4.49. The molecule has 0 radical (unpaired) electrons. The zero-order valence-corrected chi connectivity index (χ0v) is 9.67. The molecule has 0 heterocycles. The molecule has 0 amide bonds. The Morgan fingerprint density at radius 2 is 2.13 bits per heavy atom. The lowest BCUT2D eigenvalue weighted by Crippen LogP contribution is -2.06. The van der Waals surface area contributed by atoms with Crippen LogP contribution in [0.3, 0.4) is 0 Å². The van der Waals surface area contributed by atoms with Gasteiger partial charge in [-0.3, -0.25) is 4.21 Å². The average Bonchev–Trinajstić information content (AvgIpc) is 2.26. The number of ether oxygens (including phenoxy) is 2. The molecule has 1 aromatic rings. The third-order valence-electron chi connectivity index (χ3n) is 1.94. The molecule has 0 fully saturated rings. The Bertz CT molecular complexity index is 355. The molecular weight excluding hydrogens is 214 g/mol. The standard InChI is InChI=1S/C10H15NO3S/c1-13-5-6-15(12)10-7-8(14-2)3-4-9(10)11/h3-4,7H,5-6,11H2,1-2H3. The predicted molar refractivity (Wildman–Crippen MR) is 60.6 cm³/mol. The van der Waals surface area contributed by atoms with Crippen molar-refractivity contribution in [1.29, 1.82) is 0 Å². The van der Waals surface area contributed by atoms with Gasteiger partial charge in [0.2, 0.25) is 0 Å². The minimum atomic E-state index is -1.14. The summed E-state index contributed by atoms with van der Waals surface area (Å²) >= 11 is 0. The van der Waals surface area contributed by atoms with Gasteiger partial charge in [0, 0.05) is 12.8 Å². The molecule has 0 aromatic heterocycles. The van der Waals surface area contributed by atoms with E-state index in [1.54, 1.807) is 32.4 Å². The summed E-state index contributed by atoms with van der Waals surface area (Å²) in [4.78, 5) is 0.603. The molecular formula is C10H15NO3S. The Balaban J connectivity index is 2.86. The number of nitrogens with two attached hydrogens (primary N) is 1. The first kappa shape index (κ1) is 12.0. The van der Waals surface area contributed by atoms with E-state index in [2.05, 4.69) is 0 Å². The Hall–Kier alpha value is -1.07. The van der Waals surface area contributed by atoms with Crippen LogP contribution in [0.1, 0.15) is 0 Å². The third kappa shape index (κ3) is 3.21. The van der Waals surface area contributed by atoms with Gasteiger partial charge in [-0.15, -0.1) is 0 Å². The molecule has 1 unspecified atom stereocenters. The van der Waals surface area contributed by atoms with Crippen LogP contribution in [0.2, 0.25) is 0 Å². The van der Waals surface area contributed by atoms with Gasteiger partial charge >= 0.3 is 0 Å². The zero-order valence-electron chi connectivity index (χ0n) is 8.86. The third-order valence-corrected chi connectivity index (χ3v) is 3.32. The lowest BCUT2D eigenvalue weighted by atomic mass is 10.3. The van der Waals surface area contributed by atoms with Crippen LogP contribution in [0.5, 0.6) is 5.75 Å². The molecule has 15 heavy (non-hydrogen) atoms. The topological polar surface area (TPSA) is 61.5 Å². The maximum absolute atomic E-state index is 11.8. The molecule has 0 aliphatic heterocycles. The van der Waals surface area contributed by atoms with Crippen molar-refractivity contribution in [3.8, 4) is 5.75 Å². The molecule has 2 N–H and O–H groups in total. The molecule has 0 aliphatic carbocycles. The second kappa shape index (κ2) is 5.72. The van der Waals surface area contributed by atoms with Crippen molar-refractivity contribution in [3.05, 3.63) is 18.2 Å². The molecule has 1 atom stereocenters. The SMILES string of the molecule is COCCS(=O)c1cc(OC)ccc1N. The molecule has 0 bridgehead atoms. The van der Waals surface area contributed by atoms with E-state index in [4.69, 9.17) is 15.2 Å². The van der Waals surface area contributed by atoms with Crippen molar-refractivity contribution in [2.24, 2.45) is 0 Å². The van der Waals surface area contributed by atoms with Crippen LogP contribution in [0.4, 0.5) is 5.69 Å². The highest BCUT2D eigenvalue weighted by molar-refractivity contribution is 7.85. The van der Waals surface area contributed by atoms with Crippen LogP contribution in [0.25, 0.3) is 0 Å². The Morgan fingerprint density at radius 3 is 2.73 bits per heavy atom. The number of hydrogen-bond acceptors (Lipinski definition) is 4. The van der Waals surface area contributed by atoms with Crippen molar-refractivity contribution >= 4 is 16.5 Å². The molecule has 4 nitrogen and oxygen atoms in total. The van der Waals surface area contributed by atoms with Gasteiger partial charge in [-0.2, -0.15) is 0 Å². The van der Waals surface area contributed by atoms with E-state index in [1.807, 2.05) is 0 Å². The molecule has 84 valence electrons. The number of hydrogen-bond donors (Lipinski definition) is 1. The van der Waals surface area contributed by atoms with Gasteiger partial charge in [-0.1, -0.05) is 0 Å². The average molecular weight is 229 g/mol. The molecule has 1 aromatic carbocycles. The number of methoxy groups -OCH3 is 2. The van der Waals surface area contributed by atoms with E-state index >= 15 is 0 Å². The van der Waals surface area contributed by atoms with Crippen LogP contribution in [-0.4, -0.2) is 30.8 Å². The quantitative estimate of drug-likeness (QED) is 0.766. The van der Waals surface area contributed by atoms with E-state index in [0.717, 1.165) is 0 Å². The van der Waals surface area contributed by atoms with E-state index in [0.29, 0.717) is 28.7 Å². The fourth-order valence-corrected chi connectivity index (χ4v) is 2.22. The molecule has 0 spiro atoms. The Kier molecular flexibility index (Phi) is 4.58. The Morgan fingerprint density at radius 1 is 1.40 bits per heavy atom. The van der Waals surface area contributed by atoms with Crippen molar-refractivity contribution in [1.82, 2.24) is 0 Å². The summed E-state index contributed by atoms with van der Waals surface area (Å²) in [5.74, 6) is 1.10. The van der Waals surface area contributed by atoms with Gasteiger partial charge in [0.25, 0.3) is 0 Å². The van der Waals surface area contributed by atoms with Crippen LogP contribution >= 0.6 is 0 Å². The van der Waals surface area contributed by atoms with Crippen molar-refractivity contribution < 1.29 is 13.7 Å². The summed E-state index contributed by atoms with van der Waals surface area (Å²) in [5, 5.41) is 0. The van der Waals surface area contributed by atoms with Gasteiger partial charge < -0.3 is 15.2 Å². The lowest BCUT2D eigenvalue weighted by molar-refractivity contribution is 0.218. The highest BCUT2D eigenvalue weighted by Crippen LogP contribution is 2.22. The lowest BCUT2D eigenvalue weighted by Gasteiger charge is -2.07. The highest BCUT2D eigenvalue weighted by Gasteiger charge is 2.09. The Labute approximate surface area is 91.8 Å². The van der Waals surface area contributed by atoms with E-state index in [1.165, 1.54) is 0 Å². The first-order valence-electron chi connectivity index (χ1n) is 4.50. The summed E-state index contributed by atoms with van der Waals surface area (Å²) in [5.41, 5.74) is 6.25. The fraction of sp³-hybridized carbons (Fsp3) is 0.400. The number of benzene rings is 1. The predicted octanol–water partition coefficient (Wildman–Crippen LogP) is 1.03. The smallest absolute Gasteiger partial charge is 0.120 e. The summed E-state index contributed by atoms with van der Waals surface area (Å²) in [7, 11) is 2.00. The first-order chi connectivity index (χ1) is 7.19. The normalized spacial score (nSPS) is 12.4. The minimum Gasteiger partial charge on any atom is -0.497 e. The largest absolute Gasteiger partial charge is 0.497 e. The van der Waals surface area contributed by atoms with Crippen molar-refractivity contribution in [2.45, 2.75) is 4.90 Å². The van der Waals surface area contributed by atoms with Crippen LogP contribution < -0.4 is 10.5 Å². The molecule has 0 aliphatic rings. The summed E-state index contributed by atoms with van der Waals surface area (Å²) in [6.45, 7) is 0.448. The first-order valence-corrected chi connectivity index (χ1v) is 5.81. The molecule has 5 heteroatoms. The molecule has 1 rings (SSSR count). The molecule has 0 saturated carbocycles. The van der Waals surface area contributed by atoms with Gasteiger partial charge in [0.05, 0.1) is 35.2 Å². The van der Waals surface area contributed by atoms with Gasteiger partial charge in [0.1, 0.15) is 5.75 Å². The van der Waals surface area contributed by atoms with Crippen LogP contribution in [0, 0.1) is 0 Å². The highest BCUT2D eigenvalue weighted by atomic mass is 32.2. The van der Waals surface area contributed by atoms with E-state index in [9.17, 15) is 4.21 Å². The van der Waals surface area contributed by atoms with Crippen LogP contribution in [-0.2, 0) is 15.5 Å². The van der Waals surface area contributed by atoms with Gasteiger partial charge in [-0.05, 0) is 18.2 Å². The van der Waals surface area contributed by atoms with E-state index in [-0.39, 0.29) is 0 Å². The molecule has 0 saturated heterocycles. The second-order valence-electron chi connectivity index (χ2n) is 2.95. The zero-order chi connectivity index (χ0) is 11.3. The van der Waals surface area contributed by atoms with Crippen LogP contribution in [0.15, 0.2) is 23.1 Å². The maximum Gasteiger partial charge on any atom is 0.120 e. The summed E-state index contributed by atoms with van der Waals surface area (Å²) < 4.78 is 21.7. The monoisotopic (exact) mass is 229 g/mol. The number of rotatable bonds is 5. The number of nitrogen functional groups attached to an aromatic ring is 1. The summed E-state index contributed by atoms with van der Waals surface area (Å²) in [6.07, 6.45) is 0.